The number of hydrogen-bond donors (Lipinski definition) is 1. The molecule has 1 aliphatic heterocycles. The van der Waals surface area contributed by atoms with Gasteiger partial charge in [-0.15, -0.1) is 0 Å². The van der Waals surface area contributed by atoms with Crippen molar-refractivity contribution in [2.24, 2.45) is 0 Å². The second-order valence-electron chi connectivity index (χ2n) is 8.43. The lowest BCUT2D eigenvalue weighted by molar-refractivity contribution is 0.139. The number of benzene rings is 2. The normalized spacial score (nSPS) is 16.7. The van der Waals surface area contributed by atoms with Crippen molar-refractivity contribution < 1.29 is 14.3 Å². The molecule has 6 heteroatoms. The fourth-order valence-corrected chi connectivity index (χ4v) is 4.69. The minimum Gasteiger partial charge on any atom is -0.507 e. The molecule has 1 atom stereocenters. The summed E-state index contributed by atoms with van der Waals surface area (Å²) in [5, 5.41) is 11.5. The molecule has 0 spiro atoms. The molecule has 0 radical (unpaired) electrons. The maximum Gasteiger partial charge on any atom is 0.344 e. The molecule has 1 fully saturated rings. The van der Waals surface area contributed by atoms with Crippen molar-refractivity contribution in [3.05, 3.63) is 88.5 Å². The Morgan fingerprint density at radius 2 is 2.00 bits per heavy atom. The molecule has 6 nitrogen and oxygen atoms in total. The van der Waals surface area contributed by atoms with Crippen LogP contribution in [0.1, 0.15) is 36.4 Å². The number of hydrogen-bond acceptors (Lipinski definition) is 6. The predicted octanol–water partition coefficient (Wildman–Crippen LogP) is 5.30. The summed E-state index contributed by atoms with van der Waals surface area (Å²) in [4.78, 5) is 19.6. The molecule has 1 N–H and O–H groups in total. The average molecular weight is 443 g/mol. The molecule has 1 aliphatic rings. The van der Waals surface area contributed by atoms with Gasteiger partial charge in [0.15, 0.2) is 0 Å². The number of phenolic OH excluding ortho intramolecular Hbond substituents is 1. The van der Waals surface area contributed by atoms with E-state index >= 15 is 0 Å². The highest BCUT2D eigenvalue weighted by molar-refractivity contribution is 5.85. The number of nitrogens with zero attached hydrogens (tertiary/aromatic N) is 2. The van der Waals surface area contributed by atoms with E-state index in [1.165, 1.54) is 5.56 Å². The molecule has 4 aromatic rings. The van der Waals surface area contributed by atoms with E-state index in [-0.39, 0.29) is 11.8 Å². The summed E-state index contributed by atoms with van der Waals surface area (Å²) >= 11 is 0. The zero-order valence-electron chi connectivity index (χ0n) is 18.5. The summed E-state index contributed by atoms with van der Waals surface area (Å²) in [5.41, 5.74) is 3.05. The van der Waals surface area contributed by atoms with Crippen molar-refractivity contribution in [2.75, 3.05) is 13.7 Å². The Hall–Kier alpha value is -3.64. The molecule has 2 aromatic heterocycles. The zero-order chi connectivity index (χ0) is 22.8. The van der Waals surface area contributed by atoms with Gasteiger partial charge in [-0.25, -0.2) is 4.79 Å². The third-order valence-electron chi connectivity index (χ3n) is 6.43. The van der Waals surface area contributed by atoms with Crippen LogP contribution in [-0.4, -0.2) is 28.6 Å². The van der Waals surface area contributed by atoms with Crippen molar-refractivity contribution in [3.63, 3.8) is 0 Å². The highest BCUT2D eigenvalue weighted by Gasteiger charge is 2.26. The van der Waals surface area contributed by atoms with E-state index in [4.69, 9.17) is 9.15 Å². The van der Waals surface area contributed by atoms with Gasteiger partial charge in [-0.1, -0.05) is 24.6 Å². The van der Waals surface area contributed by atoms with Crippen LogP contribution in [0.4, 0.5) is 0 Å². The monoisotopic (exact) mass is 442 g/mol. The Labute approximate surface area is 192 Å². The number of pyridine rings is 1. The van der Waals surface area contributed by atoms with Crippen molar-refractivity contribution in [2.45, 2.75) is 31.8 Å². The number of likely N-dealkylation sites (tertiary alicyclic amines) is 1. The topological polar surface area (TPSA) is 75.8 Å². The third-order valence-corrected chi connectivity index (χ3v) is 6.43. The van der Waals surface area contributed by atoms with Crippen LogP contribution in [0.5, 0.6) is 11.5 Å². The van der Waals surface area contributed by atoms with E-state index in [0.717, 1.165) is 42.5 Å². The van der Waals surface area contributed by atoms with Gasteiger partial charge in [0.05, 0.1) is 18.2 Å². The van der Waals surface area contributed by atoms with Crippen LogP contribution in [0.25, 0.3) is 22.1 Å². The van der Waals surface area contributed by atoms with Gasteiger partial charge in [0.2, 0.25) is 0 Å². The summed E-state index contributed by atoms with van der Waals surface area (Å²) in [5.74, 6) is 0.860. The van der Waals surface area contributed by atoms with Crippen LogP contribution in [0, 0.1) is 0 Å². The Kier molecular flexibility index (Phi) is 5.84. The number of methoxy groups -OCH3 is 1. The van der Waals surface area contributed by atoms with Crippen molar-refractivity contribution in [1.29, 1.82) is 0 Å². The molecule has 0 bridgehead atoms. The summed E-state index contributed by atoms with van der Waals surface area (Å²) in [6.07, 6.45) is 6.96. The fourth-order valence-electron chi connectivity index (χ4n) is 4.69. The van der Waals surface area contributed by atoms with Gasteiger partial charge in [0.1, 0.15) is 17.1 Å². The number of piperidine rings is 1. The molecule has 0 saturated carbocycles. The van der Waals surface area contributed by atoms with E-state index in [9.17, 15) is 9.90 Å². The highest BCUT2D eigenvalue weighted by atomic mass is 16.5. The minimum absolute atomic E-state index is 0.137. The van der Waals surface area contributed by atoms with Crippen molar-refractivity contribution in [1.82, 2.24) is 9.88 Å². The van der Waals surface area contributed by atoms with Crippen LogP contribution < -0.4 is 10.4 Å². The first-order chi connectivity index (χ1) is 16.1. The number of ether oxygens (including phenoxy) is 1. The van der Waals surface area contributed by atoms with Gasteiger partial charge in [-0.2, -0.15) is 0 Å². The summed E-state index contributed by atoms with van der Waals surface area (Å²) in [7, 11) is 1.61. The van der Waals surface area contributed by atoms with E-state index in [0.29, 0.717) is 23.3 Å². The second kappa shape index (κ2) is 9.08. The van der Waals surface area contributed by atoms with Gasteiger partial charge in [-0.05, 0) is 66.9 Å². The second-order valence-corrected chi connectivity index (χ2v) is 8.43. The van der Waals surface area contributed by atoms with Crippen molar-refractivity contribution in [3.8, 4) is 22.6 Å². The molecule has 0 aliphatic carbocycles. The van der Waals surface area contributed by atoms with Gasteiger partial charge in [0.25, 0.3) is 0 Å². The van der Waals surface area contributed by atoms with E-state index in [1.54, 1.807) is 25.4 Å². The van der Waals surface area contributed by atoms with Gasteiger partial charge in [-0.3, -0.25) is 9.88 Å². The van der Waals surface area contributed by atoms with Gasteiger partial charge >= 0.3 is 5.63 Å². The lowest BCUT2D eigenvalue weighted by Crippen LogP contribution is -2.33. The van der Waals surface area contributed by atoms with E-state index in [1.807, 2.05) is 42.6 Å². The summed E-state index contributed by atoms with van der Waals surface area (Å²) in [6.45, 7) is 1.40. The number of aromatic hydroxyl groups is 1. The maximum absolute atomic E-state index is 12.9. The highest BCUT2D eigenvalue weighted by Crippen LogP contribution is 2.36. The first-order valence-electron chi connectivity index (χ1n) is 11.2. The van der Waals surface area contributed by atoms with Gasteiger partial charge < -0.3 is 14.3 Å². The summed E-state index contributed by atoms with van der Waals surface area (Å²) < 4.78 is 11.0. The molecule has 0 amide bonds. The molecular formula is C27H26N2O4. The van der Waals surface area contributed by atoms with Crippen LogP contribution in [0.3, 0.4) is 0 Å². The number of rotatable bonds is 5. The van der Waals surface area contributed by atoms with Crippen molar-refractivity contribution >= 4 is 11.0 Å². The fraction of sp³-hybridized carbons (Fsp3) is 0.259. The van der Waals surface area contributed by atoms with Crippen LogP contribution >= 0.6 is 0 Å². The average Bonchev–Trinajstić information content (AvgIpc) is 2.86. The summed E-state index contributed by atoms with van der Waals surface area (Å²) in [6, 6.07) is 16.9. The third kappa shape index (κ3) is 4.22. The van der Waals surface area contributed by atoms with Gasteiger partial charge in [0, 0.05) is 30.4 Å². The first-order valence-corrected chi connectivity index (χ1v) is 11.2. The Bertz CT molecular complexity index is 1320. The molecule has 33 heavy (non-hydrogen) atoms. The molecule has 1 unspecified atom stereocenters. The minimum atomic E-state index is -0.429. The zero-order valence-corrected chi connectivity index (χ0v) is 18.5. The predicted molar refractivity (Wildman–Crippen MR) is 127 cm³/mol. The number of aromatic nitrogens is 1. The van der Waals surface area contributed by atoms with Crippen LogP contribution in [0.15, 0.2) is 76.2 Å². The quantitative estimate of drug-likeness (QED) is 0.423. The molecular weight excluding hydrogens is 416 g/mol. The van der Waals surface area contributed by atoms with E-state index in [2.05, 4.69) is 16.0 Å². The van der Waals surface area contributed by atoms with Crippen LogP contribution in [0.2, 0.25) is 0 Å². The number of fused-ring (bicyclic) bond motifs is 1. The lowest BCUT2D eigenvalue weighted by Gasteiger charge is -2.36. The Morgan fingerprint density at radius 1 is 1.15 bits per heavy atom. The molecule has 168 valence electrons. The van der Waals surface area contributed by atoms with E-state index < -0.39 is 5.63 Å². The Morgan fingerprint density at radius 3 is 2.76 bits per heavy atom. The molecule has 2 aromatic carbocycles. The molecule has 3 heterocycles. The Balaban J connectivity index is 1.53. The maximum atomic E-state index is 12.9. The largest absolute Gasteiger partial charge is 0.507 e. The lowest BCUT2D eigenvalue weighted by atomic mass is 9.95. The van der Waals surface area contributed by atoms with Crippen LogP contribution in [-0.2, 0) is 6.54 Å². The molecule has 5 rings (SSSR count). The SMILES string of the molecule is COc1ccc(-c2cc3ccc(O)c(CN4CCCCC4c4cccnc4)c3oc2=O)cc1. The smallest absolute Gasteiger partial charge is 0.344 e. The molecule has 1 saturated heterocycles. The number of phenols is 1. The standard InChI is InChI=1S/C27H26N2O4/c1-32-21-10-7-18(8-11-21)22-15-19-9-12-25(30)23(26(19)33-27(22)31)17-29-14-3-2-6-24(29)20-5-4-13-28-16-20/h4-5,7-13,15-16,24,30H,2-3,6,14,17H2,1H3. The first kappa shape index (κ1) is 21.2.